The molecule has 0 aliphatic carbocycles. The van der Waals surface area contributed by atoms with Crippen molar-refractivity contribution >= 4 is 44.8 Å². The Balaban J connectivity index is 1.52. The minimum atomic E-state index is -0.465. The highest BCUT2D eigenvalue weighted by molar-refractivity contribution is 7.21. The number of ether oxygens (including phenoxy) is 1. The molecule has 0 aromatic carbocycles. The summed E-state index contributed by atoms with van der Waals surface area (Å²) in [6.45, 7) is 5.71. The summed E-state index contributed by atoms with van der Waals surface area (Å²) in [6, 6.07) is 3.47. The fourth-order valence-corrected chi connectivity index (χ4v) is 4.93. The highest BCUT2D eigenvalue weighted by Crippen LogP contribution is 2.42. The van der Waals surface area contributed by atoms with Gasteiger partial charge in [0.15, 0.2) is 5.78 Å². The molecule has 3 N–H and O–H groups in total. The highest BCUT2D eigenvalue weighted by Gasteiger charge is 2.28. The van der Waals surface area contributed by atoms with Crippen molar-refractivity contribution in [2.75, 3.05) is 42.4 Å². The van der Waals surface area contributed by atoms with Crippen LogP contribution in [0.4, 0.5) is 11.6 Å². The molecule has 0 bridgehead atoms. The second kappa shape index (κ2) is 8.30. The Morgan fingerprint density at radius 2 is 2.09 bits per heavy atom. The summed E-state index contributed by atoms with van der Waals surface area (Å²) in [4.78, 5) is 32.3. The van der Waals surface area contributed by atoms with Crippen LogP contribution in [-0.2, 0) is 4.74 Å². The van der Waals surface area contributed by atoms with E-state index in [1.54, 1.807) is 25.3 Å². The van der Waals surface area contributed by atoms with Gasteiger partial charge in [0.2, 0.25) is 5.27 Å². The first-order valence-electron chi connectivity index (χ1n) is 10.2. The van der Waals surface area contributed by atoms with Gasteiger partial charge in [0, 0.05) is 10.9 Å². The topological polar surface area (TPSA) is 141 Å². The molecule has 4 aromatic rings. The number of furan rings is 1. The van der Waals surface area contributed by atoms with E-state index < -0.39 is 5.91 Å². The second-order valence-electron chi connectivity index (χ2n) is 7.51. The van der Waals surface area contributed by atoms with Crippen molar-refractivity contribution < 1.29 is 28.1 Å². The van der Waals surface area contributed by atoms with Crippen molar-refractivity contribution in [2.45, 2.75) is 13.8 Å². The standard InChI is InChI=1S/C21H20N6O5S/c1-11-15(12(2)28)16(13-4-3-7-31-13)17-18(22)19(33-21(17)23-11)20(29)24-14-10-27(25-32-14)26-5-8-30-9-6-26/h3-4,7,10H,5-6,8-9H2,1-2H3,(H2-,22,24,25,29)/p+1. The third-order valence-corrected chi connectivity index (χ3v) is 6.45. The Morgan fingerprint density at radius 3 is 2.79 bits per heavy atom. The van der Waals surface area contributed by atoms with E-state index >= 15 is 0 Å². The number of aryl methyl sites for hydroxylation is 1. The number of aromatic nitrogens is 3. The van der Waals surface area contributed by atoms with Gasteiger partial charge in [-0.25, -0.2) is 4.98 Å². The van der Waals surface area contributed by atoms with Crippen molar-refractivity contribution in [3.05, 3.63) is 40.7 Å². The fraction of sp³-hybridized carbons (Fsp3) is 0.286. The summed E-state index contributed by atoms with van der Waals surface area (Å²) in [5, 5.41) is 9.08. The number of ketones is 1. The molecule has 4 aromatic heterocycles. The number of nitrogens with zero attached hydrogens (tertiary/aromatic N) is 4. The van der Waals surface area contributed by atoms with E-state index in [9.17, 15) is 9.59 Å². The van der Waals surface area contributed by atoms with Gasteiger partial charge in [-0.15, -0.1) is 16.3 Å². The first-order chi connectivity index (χ1) is 15.9. The molecule has 0 radical (unpaired) electrons. The van der Waals surface area contributed by atoms with Crippen LogP contribution in [0.3, 0.4) is 0 Å². The zero-order valence-corrected chi connectivity index (χ0v) is 18.8. The molecular weight excluding hydrogens is 448 g/mol. The predicted octanol–water partition coefficient (Wildman–Crippen LogP) is 2.15. The van der Waals surface area contributed by atoms with Crippen LogP contribution >= 0.6 is 11.3 Å². The molecule has 12 heteroatoms. The number of rotatable bonds is 5. The van der Waals surface area contributed by atoms with Gasteiger partial charge < -0.3 is 14.9 Å². The summed E-state index contributed by atoms with van der Waals surface area (Å²) >= 11 is 1.14. The average molecular weight is 470 g/mol. The van der Waals surface area contributed by atoms with Crippen LogP contribution in [0.2, 0.25) is 0 Å². The van der Waals surface area contributed by atoms with Crippen LogP contribution in [0.25, 0.3) is 21.5 Å². The third-order valence-electron chi connectivity index (χ3n) is 5.35. The largest absolute Gasteiger partial charge is 0.464 e. The minimum absolute atomic E-state index is 0.167. The lowest BCUT2D eigenvalue weighted by molar-refractivity contribution is -0.759. The molecule has 1 aliphatic heterocycles. The molecular formula is C21H21N6O5S+. The molecule has 0 unspecified atom stereocenters. The summed E-state index contributed by atoms with van der Waals surface area (Å²) < 4.78 is 16.2. The number of hydrogen-bond acceptors (Lipinski definition) is 10. The van der Waals surface area contributed by atoms with E-state index in [2.05, 4.69) is 15.6 Å². The molecule has 1 aliphatic rings. The first kappa shape index (κ1) is 21.1. The average Bonchev–Trinajstić information content (AvgIpc) is 3.54. The molecule has 5 rings (SSSR count). The second-order valence-corrected chi connectivity index (χ2v) is 8.51. The lowest BCUT2D eigenvalue weighted by Crippen LogP contribution is -2.62. The quantitative estimate of drug-likeness (QED) is 0.332. The minimum Gasteiger partial charge on any atom is -0.464 e. The number of thiophene rings is 1. The number of nitrogens with one attached hydrogen (secondary N) is 1. The van der Waals surface area contributed by atoms with Crippen LogP contribution in [0.15, 0.2) is 33.5 Å². The molecule has 11 nitrogen and oxygen atoms in total. The van der Waals surface area contributed by atoms with Crippen LogP contribution in [0, 0.1) is 6.92 Å². The summed E-state index contributed by atoms with van der Waals surface area (Å²) in [7, 11) is 0. The number of carbonyl (C=O) groups is 2. The van der Waals surface area contributed by atoms with Gasteiger partial charge in [-0.05, 0) is 26.0 Å². The molecule has 33 heavy (non-hydrogen) atoms. The predicted molar refractivity (Wildman–Crippen MR) is 120 cm³/mol. The third kappa shape index (κ3) is 3.72. The zero-order valence-electron chi connectivity index (χ0n) is 18.0. The molecule has 170 valence electrons. The monoisotopic (exact) mass is 469 g/mol. The maximum Gasteiger partial charge on any atom is 0.306 e. The van der Waals surface area contributed by atoms with Crippen molar-refractivity contribution in [3.63, 3.8) is 0 Å². The van der Waals surface area contributed by atoms with Gasteiger partial charge in [-0.1, -0.05) is 0 Å². The van der Waals surface area contributed by atoms with Crippen molar-refractivity contribution in [2.24, 2.45) is 0 Å². The zero-order chi connectivity index (χ0) is 23.1. The first-order valence-corrected chi connectivity index (χ1v) is 11.1. The number of nitrogens with two attached hydrogens (primary N) is 1. The van der Waals surface area contributed by atoms with Gasteiger partial charge in [-0.2, -0.15) is 0 Å². The molecule has 1 amide bonds. The molecule has 5 heterocycles. The van der Waals surface area contributed by atoms with Crippen LogP contribution in [0.5, 0.6) is 0 Å². The van der Waals surface area contributed by atoms with Gasteiger partial charge in [0.1, 0.15) is 15.5 Å². The van der Waals surface area contributed by atoms with E-state index in [1.807, 2.05) is 5.01 Å². The maximum atomic E-state index is 13.1. The smallest absolute Gasteiger partial charge is 0.306 e. The Bertz CT molecular complexity index is 1350. The Hall–Kier alpha value is -3.77. The van der Waals surface area contributed by atoms with E-state index in [0.717, 1.165) is 11.3 Å². The number of amides is 1. The summed E-state index contributed by atoms with van der Waals surface area (Å²) in [5.41, 5.74) is 8.13. The van der Waals surface area contributed by atoms with E-state index in [4.69, 9.17) is 19.4 Å². The number of morpholine rings is 1. The Kier molecular flexibility index (Phi) is 5.30. The van der Waals surface area contributed by atoms with Crippen LogP contribution in [-0.4, -0.2) is 48.2 Å². The summed E-state index contributed by atoms with van der Waals surface area (Å²) in [6.07, 6.45) is 3.10. The van der Waals surface area contributed by atoms with E-state index in [-0.39, 0.29) is 22.2 Å². The number of Topliss-reactive ketones (excluding diaryl/α,β-unsaturated/α-hetero) is 1. The lowest BCUT2D eigenvalue weighted by Gasteiger charge is -2.18. The lowest BCUT2D eigenvalue weighted by atomic mass is 9.97. The van der Waals surface area contributed by atoms with E-state index in [1.165, 1.54) is 18.0 Å². The molecule has 0 atom stereocenters. The van der Waals surface area contributed by atoms with Gasteiger partial charge in [0.25, 0.3) is 12.1 Å². The number of hydrogen-bond donors (Lipinski definition) is 2. The van der Waals surface area contributed by atoms with Crippen LogP contribution < -0.4 is 20.9 Å². The van der Waals surface area contributed by atoms with Gasteiger partial charge >= 0.3 is 5.88 Å². The van der Waals surface area contributed by atoms with Gasteiger partial charge in [-0.3, -0.25) is 19.4 Å². The molecule has 1 fully saturated rings. The molecule has 0 saturated carbocycles. The molecule has 0 spiro atoms. The number of fused-ring (bicyclic) bond motifs is 1. The van der Waals surface area contributed by atoms with Gasteiger partial charge in [0.05, 0.1) is 54.3 Å². The van der Waals surface area contributed by atoms with Crippen LogP contribution in [0.1, 0.15) is 32.6 Å². The maximum absolute atomic E-state index is 13.1. The Morgan fingerprint density at radius 1 is 1.30 bits per heavy atom. The summed E-state index contributed by atoms with van der Waals surface area (Å²) in [5.74, 6) is 0.0181. The number of pyridine rings is 1. The van der Waals surface area contributed by atoms with Crippen molar-refractivity contribution in [3.8, 4) is 11.3 Å². The number of anilines is 2. The van der Waals surface area contributed by atoms with Crippen molar-refractivity contribution in [1.82, 2.24) is 10.3 Å². The fourth-order valence-electron chi connectivity index (χ4n) is 3.89. The number of nitrogen functional groups attached to an aromatic ring is 1. The highest BCUT2D eigenvalue weighted by atomic mass is 32.1. The van der Waals surface area contributed by atoms with Crippen molar-refractivity contribution in [1.29, 1.82) is 0 Å². The Labute approximate surface area is 191 Å². The molecule has 1 saturated heterocycles. The SMILES string of the molecule is CC(=O)c1c(C)nc2sc(C(=O)Nc3c[n+](N4CCOCC4)no3)c(N)c2c1-c1ccco1. The van der Waals surface area contributed by atoms with E-state index in [0.29, 0.717) is 59.1 Å². The number of carbonyl (C=O) groups excluding carboxylic acids is 2. The normalized spacial score (nSPS) is 14.1.